The topological polar surface area (TPSA) is 69.2 Å². The Balaban J connectivity index is 1.58. The third-order valence-electron chi connectivity index (χ3n) is 4.10. The molecule has 0 radical (unpaired) electrons. The maximum absolute atomic E-state index is 12.2. The van der Waals surface area contributed by atoms with Crippen molar-refractivity contribution in [1.82, 2.24) is 5.43 Å². The van der Waals surface area contributed by atoms with Crippen molar-refractivity contribution >= 4 is 35.3 Å². The van der Waals surface area contributed by atoms with Crippen molar-refractivity contribution in [3.63, 3.8) is 0 Å². The van der Waals surface area contributed by atoms with Crippen LogP contribution in [0.2, 0.25) is 10.0 Å². The molecule has 6 nitrogen and oxygen atoms in total. The number of carbonyl (C=O) groups excluding carboxylic acids is 1. The lowest BCUT2D eigenvalue weighted by molar-refractivity contribution is 0.0955. The fraction of sp³-hybridized carbons (Fsp3) is 0.130. The van der Waals surface area contributed by atoms with Crippen molar-refractivity contribution < 1.29 is 19.0 Å². The number of methoxy groups -OCH3 is 1. The molecule has 3 aromatic carbocycles. The first kappa shape index (κ1) is 22.5. The summed E-state index contributed by atoms with van der Waals surface area (Å²) in [6.07, 6.45) is 1.46. The highest BCUT2D eigenvalue weighted by Gasteiger charge is 2.07. The molecule has 1 amide bonds. The van der Waals surface area contributed by atoms with Crippen molar-refractivity contribution in [1.29, 1.82) is 0 Å². The zero-order valence-corrected chi connectivity index (χ0v) is 18.2. The summed E-state index contributed by atoms with van der Waals surface area (Å²) in [6.45, 7) is 0.598. The second kappa shape index (κ2) is 11.2. The van der Waals surface area contributed by atoms with Crippen LogP contribution in [-0.4, -0.2) is 32.4 Å². The summed E-state index contributed by atoms with van der Waals surface area (Å²) >= 11 is 12.0. The molecule has 0 spiro atoms. The maximum atomic E-state index is 12.2. The average molecular weight is 459 g/mol. The molecule has 31 heavy (non-hydrogen) atoms. The number of halogens is 2. The molecule has 160 valence electrons. The summed E-state index contributed by atoms with van der Waals surface area (Å²) in [5.74, 6) is 1.45. The smallest absolute Gasteiger partial charge is 0.271 e. The number of hydrogen-bond donors (Lipinski definition) is 1. The Morgan fingerprint density at radius 2 is 1.61 bits per heavy atom. The number of nitrogens with zero attached hydrogens (tertiary/aromatic N) is 1. The third kappa shape index (κ3) is 6.64. The third-order valence-corrected chi connectivity index (χ3v) is 4.57. The number of ether oxygens (including phenoxy) is 3. The van der Waals surface area contributed by atoms with E-state index in [4.69, 9.17) is 37.4 Å². The quantitative estimate of drug-likeness (QED) is 0.271. The van der Waals surface area contributed by atoms with Crippen molar-refractivity contribution in [2.75, 3.05) is 20.3 Å². The molecule has 0 unspecified atom stereocenters. The standard InChI is InChI=1S/C23H20Cl2N2O4/c1-29-21-7-2-3-8-22(21)31-12-11-30-20-10-9-19(25)14-17(20)15-26-27-23(28)16-5-4-6-18(24)13-16/h2-10,13-15H,11-12H2,1H3,(H,27,28). The van der Waals surface area contributed by atoms with Gasteiger partial charge in [-0.3, -0.25) is 4.79 Å². The Morgan fingerprint density at radius 1 is 0.903 bits per heavy atom. The predicted molar refractivity (Wildman–Crippen MR) is 122 cm³/mol. The lowest BCUT2D eigenvalue weighted by atomic mass is 10.2. The number of nitrogens with one attached hydrogen (secondary N) is 1. The van der Waals surface area contributed by atoms with Gasteiger partial charge in [-0.05, 0) is 48.5 Å². The first-order valence-corrected chi connectivity index (χ1v) is 10.1. The minimum absolute atomic E-state index is 0.287. The van der Waals surface area contributed by atoms with E-state index >= 15 is 0 Å². The van der Waals surface area contributed by atoms with Gasteiger partial charge in [-0.1, -0.05) is 41.4 Å². The number of hydrazone groups is 1. The van der Waals surface area contributed by atoms with Crippen LogP contribution >= 0.6 is 23.2 Å². The summed E-state index contributed by atoms with van der Waals surface area (Å²) in [4.78, 5) is 12.2. The van der Waals surface area contributed by atoms with Gasteiger partial charge in [0.2, 0.25) is 0 Å². The summed E-state index contributed by atoms with van der Waals surface area (Å²) < 4.78 is 16.8. The van der Waals surface area contributed by atoms with E-state index in [0.717, 1.165) is 0 Å². The molecule has 0 aliphatic rings. The van der Waals surface area contributed by atoms with E-state index in [2.05, 4.69) is 10.5 Å². The van der Waals surface area contributed by atoms with E-state index in [0.29, 0.717) is 45.0 Å². The first-order chi connectivity index (χ1) is 15.1. The van der Waals surface area contributed by atoms with Gasteiger partial charge in [-0.15, -0.1) is 0 Å². The van der Waals surface area contributed by atoms with Crippen LogP contribution < -0.4 is 19.6 Å². The van der Waals surface area contributed by atoms with E-state index < -0.39 is 0 Å². The number of para-hydroxylation sites is 2. The molecule has 0 heterocycles. The molecule has 8 heteroatoms. The van der Waals surface area contributed by atoms with Crippen LogP contribution in [0.15, 0.2) is 71.8 Å². The predicted octanol–water partition coefficient (Wildman–Crippen LogP) is 5.22. The Morgan fingerprint density at radius 3 is 2.35 bits per heavy atom. The second-order valence-corrected chi connectivity index (χ2v) is 7.11. The summed E-state index contributed by atoms with van der Waals surface area (Å²) in [7, 11) is 1.59. The van der Waals surface area contributed by atoms with Gasteiger partial charge in [-0.25, -0.2) is 5.43 Å². The lowest BCUT2D eigenvalue weighted by Crippen LogP contribution is -2.17. The van der Waals surface area contributed by atoms with Crippen LogP contribution in [0.4, 0.5) is 0 Å². The van der Waals surface area contributed by atoms with E-state index in [1.165, 1.54) is 6.21 Å². The van der Waals surface area contributed by atoms with Crippen molar-refractivity contribution in [3.8, 4) is 17.2 Å². The molecule has 3 rings (SSSR count). The number of hydrogen-bond acceptors (Lipinski definition) is 5. The van der Waals surface area contributed by atoms with E-state index in [-0.39, 0.29) is 12.5 Å². The van der Waals surface area contributed by atoms with Gasteiger partial charge in [0.15, 0.2) is 11.5 Å². The average Bonchev–Trinajstić information content (AvgIpc) is 2.78. The zero-order valence-electron chi connectivity index (χ0n) is 16.7. The number of amides is 1. The largest absolute Gasteiger partial charge is 0.493 e. The lowest BCUT2D eigenvalue weighted by Gasteiger charge is -2.12. The summed E-state index contributed by atoms with van der Waals surface area (Å²) in [6, 6.07) is 19.1. The van der Waals surface area contributed by atoms with Gasteiger partial charge >= 0.3 is 0 Å². The number of rotatable bonds is 9. The Hall–Kier alpha value is -3.22. The Labute approximate surface area is 190 Å². The minimum Gasteiger partial charge on any atom is -0.493 e. The molecule has 3 aromatic rings. The van der Waals surface area contributed by atoms with Crippen LogP contribution in [0.3, 0.4) is 0 Å². The molecule has 0 fully saturated rings. The SMILES string of the molecule is COc1ccccc1OCCOc1ccc(Cl)cc1C=NNC(=O)c1cccc(Cl)c1. The highest BCUT2D eigenvalue weighted by molar-refractivity contribution is 6.31. The van der Waals surface area contributed by atoms with Gasteiger partial charge in [0, 0.05) is 21.2 Å². The Kier molecular flexibility index (Phi) is 8.15. The van der Waals surface area contributed by atoms with E-state index in [1.807, 2.05) is 24.3 Å². The summed E-state index contributed by atoms with van der Waals surface area (Å²) in [5.41, 5.74) is 3.47. The van der Waals surface area contributed by atoms with Crippen LogP contribution in [-0.2, 0) is 0 Å². The van der Waals surface area contributed by atoms with Crippen molar-refractivity contribution in [2.24, 2.45) is 5.10 Å². The fourth-order valence-corrected chi connectivity index (χ4v) is 3.02. The Bertz CT molecular complexity index is 1070. The highest BCUT2D eigenvalue weighted by atomic mass is 35.5. The molecule has 0 aliphatic heterocycles. The molecule has 0 atom stereocenters. The van der Waals surface area contributed by atoms with Crippen molar-refractivity contribution in [2.45, 2.75) is 0 Å². The van der Waals surface area contributed by atoms with Gasteiger partial charge in [-0.2, -0.15) is 5.10 Å². The monoisotopic (exact) mass is 458 g/mol. The molecular formula is C23H20Cl2N2O4. The molecular weight excluding hydrogens is 439 g/mol. The molecule has 0 aliphatic carbocycles. The minimum atomic E-state index is -0.381. The van der Waals surface area contributed by atoms with Gasteiger partial charge in [0.25, 0.3) is 5.91 Å². The van der Waals surface area contributed by atoms with Gasteiger partial charge in [0.1, 0.15) is 19.0 Å². The van der Waals surface area contributed by atoms with E-state index in [1.54, 1.807) is 49.6 Å². The number of carbonyl (C=O) groups is 1. The number of benzene rings is 3. The molecule has 0 saturated carbocycles. The van der Waals surface area contributed by atoms with Crippen LogP contribution in [0, 0.1) is 0 Å². The molecule has 0 saturated heterocycles. The van der Waals surface area contributed by atoms with Crippen molar-refractivity contribution in [3.05, 3.63) is 87.9 Å². The molecule has 0 aromatic heterocycles. The van der Waals surface area contributed by atoms with Gasteiger partial charge in [0.05, 0.1) is 13.3 Å². The molecule has 1 N–H and O–H groups in total. The second-order valence-electron chi connectivity index (χ2n) is 6.24. The highest BCUT2D eigenvalue weighted by Crippen LogP contribution is 2.26. The molecule has 0 bridgehead atoms. The van der Waals surface area contributed by atoms with Gasteiger partial charge < -0.3 is 14.2 Å². The first-order valence-electron chi connectivity index (χ1n) is 9.34. The normalized spacial score (nSPS) is 10.7. The van der Waals surface area contributed by atoms with Crippen LogP contribution in [0.25, 0.3) is 0 Å². The summed E-state index contributed by atoms with van der Waals surface area (Å²) in [5, 5.41) is 4.98. The fourth-order valence-electron chi connectivity index (χ4n) is 2.65. The van der Waals surface area contributed by atoms with Crippen LogP contribution in [0.5, 0.6) is 17.2 Å². The maximum Gasteiger partial charge on any atom is 0.271 e. The zero-order chi connectivity index (χ0) is 22.1. The van der Waals surface area contributed by atoms with Crippen LogP contribution in [0.1, 0.15) is 15.9 Å². The van der Waals surface area contributed by atoms with E-state index in [9.17, 15) is 4.79 Å².